The summed E-state index contributed by atoms with van der Waals surface area (Å²) >= 11 is 6.95. The Morgan fingerprint density at radius 1 is 1.08 bits per heavy atom. The van der Waals surface area contributed by atoms with Gasteiger partial charge in [0, 0.05) is 16.3 Å². The average molecular weight is 359 g/mol. The summed E-state index contributed by atoms with van der Waals surface area (Å²) in [4.78, 5) is 37.2. The van der Waals surface area contributed by atoms with Crippen LogP contribution in [0.4, 0.5) is 10.5 Å². The molecular weight excluding hydrogens is 348 g/mol. The van der Waals surface area contributed by atoms with Crippen molar-refractivity contribution in [1.29, 1.82) is 0 Å². The summed E-state index contributed by atoms with van der Waals surface area (Å²) in [5, 5.41) is 2.00. The van der Waals surface area contributed by atoms with E-state index in [4.69, 9.17) is 11.6 Å². The number of hydrogen-bond acceptors (Lipinski definition) is 4. The van der Waals surface area contributed by atoms with Crippen molar-refractivity contribution >= 4 is 46.1 Å². The van der Waals surface area contributed by atoms with Gasteiger partial charge in [0.25, 0.3) is 11.1 Å². The van der Waals surface area contributed by atoms with Gasteiger partial charge < -0.3 is 4.90 Å². The van der Waals surface area contributed by atoms with E-state index in [2.05, 4.69) is 5.32 Å². The molecule has 1 unspecified atom stereocenters. The summed E-state index contributed by atoms with van der Waals surface area (Å²) < 4.78 is 0. The first-order valence-electron chi connectivity index (χ1n) is 7.24. The minimum atomic E-state index is -0.531. The highest BCUT2D eigenvalue weighted by atomic mass is 35.5. The van der Waals surface area contributed by atoms with Gasteiger partial charge in [0.15, 0.2) is 0 Å². The van der Waals surface area contributed by atoms with Gasteiger partial charge in [0.05, 0.1) is 6.54 Å². The highest BCUT2D eigenvalue weighted by Gasteiger charge is 2.33. The number of hydrogen-bond donors (Lipinski definition) is 1. The third kappa shape index (κ3) is 2.48. The molecule has 2 aliphatic rings. The van der Waals surface area contributed by atoms with Gasteiger partial charge in [-0.3, -0.25) is 19.7 Å². The maximum absolute atomic E-state index is 12.5. The van der Waals surface area contributed by atoms with Crippen LogP contribution in [-0.2, 0) is 11.3 Å². The summed E-state index contributed by atoms with van der Waals surface area (Å²) in [5.41, 5.74) is 3.03. The van der Waals surface area contributed by atoms with Gasteiger partial charge in [0.2, 0.25) is 5.91 Å². The zero-order valence-electron chi connectivity index (χ0n) is 12.3. The highest BCUT2D eigenvalue weighted by molar-refractivity contribution is 8.15. The first-order chi connectivity index (χ1) is 11.5. The number of halogens is 1. The molecule has 120 valence electrons. The third-order valence-electron chi connectivity index (χ3n) is 4.07. The second-order valence-corrected chi connectivity index (χ2v) is 7.07. The summed E-state index contributed by atoms with van der Waals surface area (Å²) in [6, 6.07) is 12.4. The topological polar surface area (TPSA) is 66.5 Å². The molecule has 1 fully saturated rings. The first-order valence-corrected chi connectivity index (χ1v) is 8.50. The van der Waals surface area contributed by atoms with Crippen molar-refractivity contribution in [2.45, 2.75) is 11.8 Å². The zero-order chi connectivity index (χ0) is 16.8. The maximum atomic E-state index is 12.5. The lowest BCUT2D eigenvalue weighted by atomic mass is 10.1. The summed E-state index contributed by atoms with van der Waals surface area (Å²) in [7, 11) is 0. The van der Waals surface area contributed by atoms with Crippen molar-refractivity contribution < 1.29 is 14.4 Å². The van der Waals surface area contributed by atoms with Crippen molar-refractivity contribution in [1.82, 2.24) is 5.32 Å². The van der Waals surface area contributed by atoms with E-state index in [1.807, 2.05) is 0 Å². The molecule has 0 saturated carbocycles. The van der Waals surface area contributed by atoms with Crippen molar-refractivity contribution in [2.24, 2.45) is 0 Å². The Kier molecular flexibility index (Phi) is 3.58. The van der Waals surface area contributed by atoms with Gasteiger partial charge in [-0.25, -0.2) is 0 Å². The molecule has 0 radical (unpaired) electrons. The van der Waals surface area contributed by atoms with Crippen LogP contribution in [0, 0.1) is 0 Å². The zero-order valence-corrected chi connectivity index (χ0v) is 13.9. The molecule has 2 aromatic rings. The van der Waals surface area contributed by atoms with Gasteiger partial charge in [-0.05, 0) is 53.2 Å². The number of nitrogens with zero attached hydrogens (tertiary/aromatic N) is 1. The molecule has 1 atom stereocenters. The van der Waals surface area contributed by atoms with Crippen LogP contribution in [0.1, 0.15) is 26.7 Å². The molecule has 5 nitrogen and oxygen atoms in total. The first kappa shape index (κ1) is 15.2. The van der Waals surface area contributed by atoms with Crippen LogP contribution >= 0.6 is 23.4 Å². The van der Waals surface area contributed by atoms with E-state index in [0.717, 1.165) is 28.6 Å². The van der Waals surface area contributed by atoms with Gasteiger partial charge >= 0.3 is 0 Å². The molecule has 0 spiro atoms. The van der Waals surface area contributed by atoms with Crippen LogP contribution in [0.3, 0.4) is 0 Å². The molecule has 2 aromatic carbocycles. The SMILES string of the molecule is O=C1NC(=O)C(c2ccc(N3Cc4cc(Cl)ccc4C3=O)cc2)S1. The summed E-state index contributed by atoms with van der Waals surface area (Å²) in [6.07, 6.45) is 0. The van der Waals surface area contributed by atoms with E-state index < -0.39 is 5.25 Å². The largest absolute Gasteiger partial charge is 0.304 e. The normalized spacial score (nSPS) is 19.6. The Morgan fingerprint density at radius 3 is 2.50 bits per heavy atom. The Balaban J connectivity index is 1.59. The Morgan fingerprint density at radius 2 is 1.83 bits per heavy atom. The molecular formula is C17H11ClN2O3S. The molecule has 1 N–H and O–H groups in total. The number of carbonyl (C=O) groups is 3. The van der Waals surface area contributed by atoms with Gasteiger partial charge in [-0.1, -0.05) is 23.7 Å². The van der Waals surface area contributed by atoms with E-state index in [1.54, 1.807) is 47.4 Å². The fourth-order valence-electron chi connectivity index (χ4n) is 2.90. The lowest BCUT2D eigenvalue weighted by Gasteiger charge is -2.16. The lowest BCUT2D eigenvalue weighted by molar-refractivity contribution is -0.119. The van der Waals surface area contributed by atoms with Crippen LogP contribution in [0.15, 0.2) is 42.5 Å². The van der Waals surface area contributed by atoms with Crippen LogP contribution < -0.4 is 10.2 Å². The van der Waals surface area contributed by atoms with Crippen molar-refractivity contribution in [3.05, 3.63) is 64.2 Å². The Bertz CT molecular complexity index is 882. The van der Waals surface area contributed by atoms with Crippen LogP contribution in [0.2, 0.25) is 5.02 Å². The predicted octanol–water partition coefficient (Wildman–Crippen LogP) is 3.52. The maximum Gasteiger partial charge on any atom is 0.286 e. The molecule has 24 heavy (non-hydrogen) atoms. The minimum absolute atomic E-state index is 0.0717. The second kappa shape index (κ2) is 5.65. The number of nitrogens with one attached hydrogen (secondary N) is 1. The fraction of sp³-hybridized carbons (Fsp3) is 0.118. The molecule has 0 aromatic heterocycles. The van der Waals surface area contributed by atoms with Crippen molar-refractivity contribution in [3.63, 3.8) is 0 Å². The lowest BCUT2D eigenvalue weighted by Crippen LogP contribution is -2.23. The van der Waals surface area contributed by atoms with Gasteiger partial charge in [-0.15, -0.1) is 0 Å². The molecule has 2 aliphatic heterocycles. The molecule has 7 heteroatoms. The quantitative estimate of drug-likeness (QED) is 0.891. The van der Waals surface area contributed by atoms with Crippen LogP contribution in [0.5, 0.6) is 0 Å². The molecule has 2 heterocycles. The monoisotopic (exact) mass is 358 g/mol. The van der Waals surface area contributed by atoms with E-state index in [-0.39, 0.29) is 17.1 Å². The number of rotatable bonds is 2. The summed E-state index contributed by atoms with van der Waals surface area (Å²) in [6.45, 7) is 0.464. The molecule has 0 aliphatic carbocycles. The van der Waals surface area contributed by atoms with Crippen LogP contribution in [0.25, 0.3) is 0 Å². The number of fused-ring (bicyclic) bond motifs is 1. The number of carbonyl (C=O) groups excluding carboxylic acids is 3. The standard InChI is InChI=1S/C17H11ClN2O3S/c18-11-3-6-13-10(7-11)8-20(16(13)22)12-4-1-9(2-5-12)14-15(21)19-17(23)24-14/h1-7,14H,8H2,(H,19,21,23). The van der Waals surface area contributed by atoms with Crippen LogP contribution in [-0.4, -0.2) is 17.1 Å². The van der Waals surface area contributed by atoms with Crippen molar-refractivity contribution in [3.8, 4) is 0 Å². The third-order valence-corrected chi connectivity index (χ3v) is 5.34. The highest BCUT2D eigenvalue weighted by Crippen LogP contribution is 2.36. The average Bonchev–Trinajstić information content (AvgIpc) is 3.07. The number of benzene rings is 2. The van der Waals surface area contributed by atoms with E-state index in [0.29, 0.717) is 17.1 Å². The molecule has 3 amide bonds. The van der Waals surface area contributed by atoms with E-state index >= 15 is 0 Å². The number of imide groups is 1. The molecule has 1 saturated heterocycles. The number of amides is 3. The van der Waals surface area contributed by atoms with E-state index in [1.165, 1.54) is 0 Å². The van der Waals surface area contributed by atoms with Crippen molar-refractivity contribution in [2.75, 3.05) is 4.90 Å². The van der Waals surface area contributed by atoms with Gasteiger partial charge in [0.1, 0.15) is 5.25 Å². The smallest absolute Gasteiger partial charge is 0.286 e. The fourth-order valence-corrected chi connectivity index (χ4v) is 3.93. The number of thioether (sulfide) groups is 1. The Hall–Kier alpha value is -2.31. The summed E-state index contributed by atoms with van der Waals surface area (Å²) in [5.74, 6) is -0.380. The van der Waals surface area contributed by atoms with E-state index in [9.17, 15) is 14.4 Å². The van der Waals surface area contributed by atoms with Gasteiger partial charge in [-0.2, -0.15) is 0 Å². The second-order valence-electron chi connectivity index (χ2n) is 5.56. The molecule has 4 rings (SSSR count). The Labute approximate surface area is 147 Å². The molecule has 0 bridgehead atoms. The predicted molar refractivity (Wildman–Crippen MR) is 92.3 cm³/mol. The number of anilines is 1. The minimum Gasteiger partial charge on any atom is -0.304 e.